The lowest BCUT2D eigenvalue weighted by molar-refractivity contribution is -0.142. The van der Waals surface area contributed by atoms with Crippen molar-refractivity contribution in [3.63, 3.8) is 0 Å². The topological polar surface area (TPSA) is 101 Å². The fourth-order valence-electron chi connectivity index (χ4n) is 1.81. The number of sulfonamides is 1. The molecule has 0 aliphatic rings. The third kappa shape index (κ3) is 3.89. The summed E-state index contributed by atoms with van der Waals surface area (Å²) < 4.78 is 31.3. The fourth-order valence-corrected chi connectivity index (χ4v) is 2.90. The van der Waals surface area contributed by atoms with Gasteiger partial charge in [0.2, 0.25) is 10.0 Å². The molecule has 7 nitrogen and oxygen atoms in total. The second-order valence-electron chi connectivity index (χ2n) is 4.32. The average molecular weight is 309 g/mol. The zero-order chi connectivity index (χ0) is 15.3. The smallest absolute Gasteiger partial charge is 0.324 e. The van der Waals surface area contributed by atoms with E-state index in [9.17, 15) is 13.2 Å². The minimum absolute atomic E-state index is 0.0375. The second-order valence-corrected chi connectivity index (χ2v) is 6.03. The van der Waals surface area contributed by atoms with Crippen LogP contribution in [-0.4, -0.2) is 37.7 Å². The zero-order valence-electron chi connectivity index (χ0n) is 11.3. The van der Waals surface area contributed by atoms with Gasteiger partial charge in [-0.15, -0.1) is 0 Å². The monoisotopic (exact) mass is 309 g/mol. The maximum atomic E-state index is 12.1. The summed E-state index contributed by atoms with van der Waals surface area (Å²) in [7, 11) is -2.62. The summed E-state index contributed by atoms with van der Waals surface area (Å²) in [6.45, 7) is 0. The van der Waals surface area contributed by atoms with Gasteiger partial charge in [-0.3, -0.25) is 9.89 Å². The van der Waals surface area contributed by atoms with Crippen molar-refractivity contribution in [3.05, 3.63) is 48.3 Å². The number of carbonyl (C=O) groups excluding carboxylic acids is 1. The molecule has 0 radical (unpaired) electrons. The number of nitrogens with zero attached hydrogens (tertiary/aromatic N) is 1. The molecule has 0 spiro atoms. The SMILES string of the molecule is COC(=O)C(Cc1ccccc1)NS(=O)(=O)c1cn[nH]c1. The maximum Gasteiger partial charge on any atom is 0.324 e. The normalized spacial score (nSPS) is 12.8. The number of rotatable bonds is 6. The first-order valence-corrected chi connectivity index (χ1v) is 7.64. The van der Waals surface area contributed by atoms with Crippen molar-refractivity contribution in [2.45, 2.75) is 17.4 Å². The molecule has 1 aromatic heterocycles. The minimum Gasteiger partial charge on any atom is -0.468 e. The van der Waals surface area contributed by atoms with Crippen molar-refractivity contribution in [1.29, 1.82) is 0 Å². The number of carbonyl (C=O) groups is 1. The predicted octanol–water partition coefficient (Wildman–Crippen LogP) is 0.472. The molecule has 1 atom stereocenters. The molecule has 0 saturated heterocycles. The highest BCUT2D eigenvalue weighted by molar-refractivity contribution is 7.89. The van der Waals surface area contributed by atoms with E-state index >= 15 is 0 Å². The van der Waals surface area contributed by atoms with E-state index in [1.54, 1.807) is 0 Å². The van der Waals surface area contributed by atoms with Gasteiger partial charge in [-0.2, -0.15) is 9.82 Å². The average Bonchev–Trinajstić information content (AvgIpc) is 3.02. The van der Waals surface area contributed by atoms with Crippen molar-refractivity contribution < 1.29 is 17.9 Å². The third-order valence-electron chi connectivity index (χ3n) is 2.85. The molecule has 1 heterocycles. The fraction of sp³-hybridized carbons (Fsp3) is 0.231. The highest BCUT2D eigenvalue weighted by Gasteiger charge is 2.27. The molecule has 21 heavy (non-hydrogen) atoms. The van der Waals surface area contributed by atoms with E-state index in [1.807, 2.05) is 30.3 Å². The van der Waals surface area contributed by atoms with E-state index in [2.05, 4.69) is 19.7 Å². The van der Waals surface area contributed by atoms with Crippen molar-refractivity contribution in [1.82, 2.24) is 14.9 Å². The molecular weight excluding hydrogens is 294 g/mol. The van der Waals surface area contributed by atoms with Crippen LogP contribution in [0.1, 0.15) is 5.56 Å². The quantitative estimate of drug-likeness (QED) is 0.755. The number of methoxy groups -OCH3 is 1. The van der Waals surface area contributed by atoms with Gasteiger partial charge in [0.15, 0.2) is 0 Å². The Labute approximate surface area is 122 Å². The van der Waals surface area contributed by atoms with E-state index in [1.165, 1.54) is 19.5 Å². The number of ether oxygens (including phenoxy) is 1. The summed E-state index contributed by atoms with van der Waals surface area (Å²) in [6.07, 6.45) is 2.60. The van der Waals surface area contributed by atoms with Crippen LogP contribution in [0.5, 0.6) is 0 Å². The Hall–Kier alpha value is -2.19. The van der Waals surface area contributed by atoms with Gasteiger partial charge < -0.3 is 4.74 Å². The largest absolute Gasteiger partial charge is 0.468 e. The Bertz CT molecular complexity index is 683. The number of benzene rings is 1. The Kier molecular flexibility index (Phi) is 4.71. The lowest BCUT2D eigenvalue weighted by Gasteiger charge is -2.16. The molecule has 0 aliphatic carbocycles. The molecule has 1 aromatic carbocycles. The summed E-state index contributed by atoms with van der Waals surface area (Å²) in [5, 5.41) is 6.00. The van der Waals surface area contributed by atoms with Crippen molar-refractivity contribution >= 4 is 16.0 Å². The Morgan fingerprint density at radius 2 is 2.10 bits per heavy atom. The zero-order valence-corrected chi connectivity index (χ0v) is 12.1. The van der Waals surface area contributed by atoms with Crippen molar-refractivity contribution in [2.75, 3.05) is 7.11 Å². The van der Waals surface area contributed by atoms with Gasteiger partial charge in [0, 0.05) is 6.20 Å². The molecule has 2 rings (SSSR count). The number of esters is 1. The highest BCUT2D eigenvalue weighted by Crippen LogP contribution is 2.10. The molecule has 2 N–H and O–H groups in total. The van der Waals surface area contributed by atoms with Crippen molar-refractivity contribution in [3.8, 4) is 0 Å². The summed E-state index contributed by atoms with van der Waals surface area (Å²) in [5.41, 5.74) is 0.822. The first-order chi connectivity index (χ1) is 10.0. The Balaban J connectivity index is 2.20. The molecule has 2 aromatic rings. The lowest BCUT2D eigenvalue weighted by atomic mass is 10.1. The van der Waals surface area contributed by atoms with E-state index in [-0.39, 0.29) is 11.3 Å². The second kappa shape index (κ2) is 6.51. The van der Waals surface area contributed by atoms with E-state index < -0.39 is 22.0 Å². The first kappa shape index (κ1) is 15.2. The first-order valence-electron chi connectivity index (χ1n) is 6.16. The Morgan fingerprint density at radius 1 is 1.38 bits per heavy atom. The van der Waals surface area contributed by atoms with Crippen LogP contribution in [0.4, 0.5) is 0 Å². The van der Waals surface area contributed by atoms with E-state index in [0.29, 0.717) is 0 Å². The van der Waals surface area contributed by atoms with Gasteiger partial charge in [0.05, 0.1) is 13.3 Å². The van der Waals surface area contributed by atoms with Crippen LogP contribution in [0, 0.1) is 0 Å². The predicted molar refractivity (Wildman–Crippen MR) is 74.9 cm³/mol. The minimum atomic E-state index is -3.84. The van der Waals surface area contributed by atoms with Crippen LogP contribution >= 0.6 is 0 Å². The van der Waals surface area contributed by atoms with Crippen molar-refractivity contribution in [2.24, 2.45) is 0 Å². The van der Waals surface area contributed by atoms with Crippen LogP contribution in [0.25, 0.3) is 0 Å². The van der Waals surface area contributed by atoms with Gasteiger partial charge in [0.1, 0.15) is 10.9 Å². The number of aromatic nitrogens is 2. The summed E-state index contributed by atoms with van der Waals surface area (Å²) in [6, 6.07) is 8.08. The molecule has 8 heteroatoms. The van der Waals surface area contributed by atoms with Crippen LogP contribution in [-0.2, 0) is 26.0 Å². The third-order valence-corrected chi connectivity index (χ3v) is 4.29. The molecule has 0 saturated carbocycles. The number of hydrogen-bond acceptors (Lipinski definition) is 5. The molecular formula is C13H15N3O4S. The highest BCUT2D eigenvalue weighted by atomic mass is 32.2. The van der Waals surface area contributed by atoms with Gasteiger partial charge >= 0.3 is 5.97 Å². The number of hydrogen-bond donors (Lipinski definition) is 2. The van der Waals surface area contributed by atoms with E-state index in [4.69, 9.17) is 0 Å². The molecule has 0 fully saturated rings. The molecule has 1 unspecified atom stereocenters. The van der Waals surface area contributed by atoms with Gasteiger partial charge in [0.25, 0.3) is 0 Å². The molecule has 0 amide bonds. The van der Waals surface area contributed by atoms with Crippen LogP contribution in [0.3, 0.4) is 0 Å². The Morgan fingerprint density at radius 3 is 2.67 bits per heavy atom. The molecule has 0 bridgehead atoms. The molecule has 112 valence electrons. The molecule has 0 aliphatic heterocycles. The number of aromatic amines is 1. The summed E-state index contributed by atoms with van der Waals surface area (Å²) in [5.74, 6) is -0.647. The number of H-pyrrole nitrogens is 1. The van der Waals surface area contributed by atoms with Gasteiger partial charge in [-0.05, 0) is 12.0 Å². The van der Waals surface area contributed by atoms with Crippen LogP contribution in [0.2, 0.25) is 0 Å². The summed E-state index contributed by atoms with van der Waals surface area (Å²) >= 11 is 0. The van der Waals surface area contributed by atoms with Crippen LogP contribution in [0.15, 0.2) is 47.6 Å². The van der Waals surface area contributed by atoms with Gasteiger partial charge in [-0.25, -0.2) is 8.42 Å². The summed E-state index contributed by atoms with van der Waals surface area (Å²) in [4.78, 5) is 11.8. The van der Waals surface area contributed by atoms with E-state index in [0.717, 1.165) is 5.56 Å². The number of nitrogens with one attached hydrogen (secondary N) is 2. The standard InChI is InChI=1S/C13H15N3O4S/c1-20-13(17)12(7-10-5-3-2-4-6-10)16-21(18,19)11-8-14-15-9-11/h2-6,8-9,12,16H,7H2,1H3,(H,14,15). The van der Waals surface area contributed by atoms with Crippen LogP contribution < -0.4 is 4.72 Å². The maximum absolute atomic E-state index is 12.1. The van der Waals surface area contributed by atoms with Gasteiger partial charge in [-0.1, -0.05) is 30.3 Å². The lowest BCUT2D eigenvalue weighted by Crippen LogP contribution is -2.42.